The molecular weight excluding hydrogens is 185 g/mol. The van der Waals surface area contributed by atoms with Crippen LogP contribution in [-0.4, -0.2) is 11.4 Å². The SMILES string of the molecule is O=CCc1cc(F)c(O)c(F)c1F. The van der Waals surface area contributed by atoms with Gasteiger partial charge in [-0.25, -0.2) is 8.78 Å². The zero-order valence-electron chi connectivity index (χ0n) is 6.35. The van der Waals surface area contributed by atoms with Crippen LogP contribution in [-0.2, 0) is 11.2 Å². The molecule has 13 heavy (non-hydrogen) atoms. The first kappa shape index (κ1) is 9.57. The quantitative estimate of drug-likeness (QED) is 0.567. The van der Waals surface area contributed by atoms with E-state index >= 15 is 0 Å². The molecule has 5 heteroatoms. The summed E-state index contributed by atoms with van der Waals surface area (Å²) >= 11 is 0. The van der Waals surface area contributed by atoms with E-state index in [4.69, 9.17) is 5.11 Å². The largest absolute Gasteiger partial charge is 0.503 e. The number of aldehydes is 1. The highest BCUT2D eigenvalue weighted by Gasteiger charge is 2.17. The lowest BCUT2D eigenvalue weighted by Gasteiger charge is -2.02. The normalized spacial score (nSPS) is 10.1. The van der Waals surface area contributed by atoms with Crippen molar-refractivity contribution in [2.45, 2.75) is 6.42 Å². The Kier molecular flexibility index (Phi) is 2.55. The molecule has 0 aliphatic rings. The van der Waals surface area contributed by atoms with Crippen molar-refractivity contribution in [2.75, 3.05) is 0 Å². The third kappa shape index (κ3) is 1.63. The Bertz CT molecular complexity index is 350. The summed E-state index contributed by atoms with van der Waals surface area (Å²) in [6.07, 6.45) is -0.117. The molecule has 0 saturated heterocycles. The average Bonchev–Trinajstić information content (AvgIpc) is 2.11. The molecule has 1 rings (SSSR count). The first-order valence-electron chi connectivity index (χ1n) is 3.37. The molecule has 0 spiro atoms. The molecule has 0 radical (unpaired) electrons. The third-order valence-electron chi connectivity index (χ3n) is 1.51. The predicted molar refractivity (Wildman–Crippen MR) is 37.7 cm³/mol. The standard InChI is InChI=1S/C8H5F3O2/c9-5-3-4(1-2-12)6(10)7(11)8(5)13/h2-3,13H,1H2. The van der Waals surface area contributed by atoms with Gasteiger partial charge in [0.2, 0.25) is 5.82 Å². The number of hydrogen-bond donors (Lipinski definition) is 1. The molecule has 0 heterocycles. The second kappa shape index (κ2) is 3.47. The van der Waals surface area contributed by atoms with E-state index in [2.05, 4.69) is 0 Å². The summed E-state index contributed by atoms with van der Waals surface area (Å²) in [6, 6.07) is 0.585. The van der Waals surface area contributed by atoms with Gasteiger partial charge in [-0.15, -0.1) is 0 Å². The minimum absolute atomic E-state index is 0.314. The van der Waals surface area contributed by atoms with E-state index < -0.39 is 35.2 Å². The van der Waals surface area contributed by atoms with Crippen LogP contribution in [0.2, 0.25) is 0 Å². The number of phenolic OH excluding ortho intramolecular Hbond substituents is 1. The maximum Gasteiger partial charge on any atom is 0.203 e. The minimum atomic E-state index is -1.67. The molecule has 70 valence electrons. The second-order valence-corrected chi connectivity index (χ2v) is 2.36. The van der Waals surface area contributed by atoms with E-state index in [1.165, 1.54) is 0 Å². The van der Waals surface area contributed by atoms with Crippen molar-refractivity contribution >= 4 is 6.29 Å². The number of aromatic hydroxyl groups is 1. The van der Waals surface area contributed by atoms with Crippen molar-refractivity contribution in [3.63, 3.8) is 0 Å². The highest BCUT2D eigenvalue weighted by Crippen LogP contribution is 2.25. The lowest BCUT2D eigenvalue weighted by atomic mass is 10.1. The number of carbonyl (C=O) groups is 1. The Labute approximate surface area is 71.6 Å². The molecule has 1 aromatic carbocycles. The number of benzene rings is 1. The van der Waals surface area contributed by atoms with E-state index in [0.29, 0.717) is 12.4 Å². The van der Waals surface area contributed by atoms with E-state index in [-0.39, 0.29) is 0 Å². The third-order valence-corrected chi connectivity index (χ3v) is 1.51. The van der Waals surface area contributed by atoms with Crippen LogP contribution < -0.4 is 0 Å². The molecule has 0 bridgehead atoms. The molecule has 0 fully saturated rings. The number of hydrogen-bond acceptors (Lipinski definition) is 2. The molecule has 0 saturated carbocycles. The number of phenols is 1. The van der Waals surface area contributed by atoms with Gasteiger partial charge in [0.05, 0.1) is 0 Å². The Hall–Kier alpha value is -1.52. The highest BCUT2D eigenvalue weighted by atomic mass is 19.2. The summed E-state index contributed by atoms with van der Waals surface area (Å²) in [6.45, 7) is 0. The summed E-state index contributed by atoms with van der Waals surface area (Å²) in [7, 11) is 0. The van der Waals surface area contributed by atoms with Crippen LogP contribution in [0.4, 0.5) is 13.2 Å². The summed E-state index contributed by atoms with van der Waals surface area (Å²) in [5, 5.41) is 8.60. The van der Waals surface area contributed by atoms with Crippen LogP contribution in [0.3, 0.4) is 0 Å². The van der Waals surface area contributed by atoms with Crippen LogP contribution >= 0.6 is 0 Å². The fourth-order valence-electron chi connectivity index (χ4n) is 0.873. The molecule has 0 aliphatic carbocycles. The van der Waals surface area contributed by atoms with Gasteiger partial charge in [0.1, 0.15) is 6.29 Å². The zero-order valence-corrected chi connectivity index (χ0v) is 6.35. The van der Waals surface area contributed by atoms with Crippen LogP contribution in [0.25, 0.3) is 0 Å². The van der Waals surface area contributed by atoms with Gasteiger partial charge >= 0.3 is 0 Å². The molecule has 2 nitrogen and oxygen atoms in total. The van der Waals surface area contributed by atoms with E-state index in [0.717, 1.165) is 0 Å². The lowest BCUT2D eigenvalue weighted by molar-refractivity contribution is -0.107. The Morgan fingerprint density at radius 2 is 1.92 bits per heavy atom. The maximum atomic E-state index is 12.8. The number of halogens is 3. The fraction of sp³-hybridized carbons (Fsp3) is 0.125. The van der Waals surface area contributed by atoms with E-state index in [9.17, 15) is 18.0 Å². The van der Waals surface area contributed by atoms with Gasteiger partial charge in [-0.05, 0) is 6.07 Å². The fourth-order valence-corrected chi connectivity index (χ4v) is 0.873. The first-order valence-corrected chi connectivity index (χ1v) is 3.37. The summed E-state index contributed by atoms with van der Waals surface area (Å²) in [5.74, 6) is -5.72. The molecular formula is C8H5F3O2. The Balaban J connectivity index is 3.31. The first-order chi connectivity index (χ1) is 6.07. The summed E-state index contributed by atoms with van der Waals surface area (Å²) in [5.41, 5.74) is -0.414. The molecule has 0 amide bonds. The van der Waals surface area contributed by atoms with Crippen molar-refractivity contribution in [1.29, 1.82) is 0 Å². The highest BCUT2D eigenvalue weighted by molar-refractivity contribution is 5.55. The van der Waals surface area contributed by atoms with Gasteiger partial charge in [-0.1, -0.05) is 0 Å². The van der Waals surface area contributed by atoms with E-state index in [1.54, 1.807) is 0 Å². The predicted octanol–water partition coefficient (Wildman–Crippen LogP) is 1.55. The second-order valence-electron chi connectivity index (χ2n) is 2.36. The lowest BCUT2D eigenvalue weighted by Crippen LogP contribution is -1.98. The van der Waals surface area contributed by atoms with Gasteiger partial charge in [0.15, 0.2) is 17.4 Å². The summed E-state index contributed by atoms with van der Waals surface area (Å²) < 4.78 is 37.9. The summed E-state index contributed by atoms with van der Waals surface area (Å²) in [4.78, 5) is 9.96. The van der Waals surface area contributed by atoms with Crippen molar-refractivity contribution in [2.24, 2.45) is 0 Å². The number of rotatable bonds is 2. The van der Waals surface area contributed by atoms with Gasteiger partial charge < -0.3 is 9.90 Å². The van der Waals surface area contributed by atoms with E-state index in [1.807, 2.05) is 0 Å². The van der Waals surface area contributed by atoms with Crippen molar-refractivity contribution < 1.29 is 23.1 Å². The molecule has 0 aliphatic heterocycles. The van der Waals surface area contributed by atoms with Gasteiger partial charge in [0, 0.05) is 12.0 Å². The Morgan fingerprint density at radius 3 is 2.46 bits per heavy atom. The minimum Gasteiger partial charge on any atom is -0.503 e. The van der Waals surface area contributed by atoms with Gasteiger partial charge in [-0.3, -0.25) is 0 Å². The van der Waals surface area contributed by atoms with Crippen molar-refractivity contribution in [3.05, 3.63) is 29.1 Å². The molecule has 1 N–H and O–H groups in total. The monoisotopic (exact) mass is 190 g/mol. The molecule has 0 unspecified atom stereocenters. The topological polar surface area (TPSA) is 37.3 Å². The van der Waals surface area contributed by atoms with Crippen LogP contribution in [0.1, 0.15) is 5.56 Å². The van der Waals surface area contributed by atoms with Crippen LogP contribution in [0, 0.1) is 17.5 Å². The van der Waals surface area contributed by atoms with Gasteiger partial charge in [0.25, 0.3) is 0 Å². The molecule has 1 aromatic rings. The zero-order chi connectivity index (χ0) is 10.0. The molecule has 0 atom stereocenters. The smallest absolute Gasteiger partial charge is 0.203 e. The van der Waals surface area contributed by atoms with Crippen molar-refractivity contribution in [3.8, 4) is 5.75 Å². The van der Waals surface area contributed by atoms with Crippen LogP contribution in [0.5, 0.6) is 5.75 Å². The molecule has 0 aromatic heterocycles. The average molecular weight is 190 g/mol. The Morgan fingerprint density at radius 1 is 1.31 bits per heavy atom. The van der Waals surface area contributed by atoms with Crippen LogP contribution in [0.15, 0.2) is 6.07 Å². The maximum absolute atomic E-state index is 12.8. The van der Waals surface area contributed by atoms with Gasteiger partial charge in [-0.2, -0.15) is 4.39 Å². The van der Waals surface area contributed by atoms with Crippen molar-refractivity contribution in [1.82, 2.24) is 0 Å². The number of carbonyl (C=O) groups excluding carboxylic acids is 1.